The Morgan fingerprint density at radius 2 is 2.18 bits per heavy atom. The lowest BCUT2D eigenvalue weighted by Crippen LogP contribution is -2.43. The van der Waals surface area contributed by atoms with Crippen LogP contribution in [0.2, 0.25) is 0 Å². The first-order chi connectivity index (χ1) is 8.31. The molecular formula is C14H13NO2. The molecule has 0 fully saturated rings. The first-order valence-electron chi connectivity index (χ1n) is 5.58. The SMILES string of the molecule is O=CC1C#CCCN1C(=O)Cc1ccccc1. The molecule has 0 saturated heterocycles. The van der Waals surface area contributed by atoms with Crippen molar-refractivity contribution in [1.29, 1.82) is 0 Å². The van der Waals surface area contributed by atoms with E-state index in [0.29, 0.717) is 19.4 Å². The normalized spacial score (nSPS) is 18.1. The first-order valence-corrected chi connectivity index (χ1v) is 5.58. The van der Waals surface area contributed by atoms with E-state index in [2.05, 4.69) is 11.8 Å². The maximum Gasteiger partial charge on any atom is 0.228 e. The third-order valence-electron chi connectivity index (χ3n) is 2.71. The molecule has 0 saturated carbocycles. The fourth-order valence-corrected chi connectivity index (χ4v) is 1.83. The van der Waals surface area contributed by atoms with E-state index < -0.39 is 6.04 Å². The molecule has 1 aromatic rings. The van der Waals surface area contributed by atoms with Crippen LogP contribution in [0.1, 0.15) is 12.0 Å². The standard InChI is InChI=1S/C14H13NO2/c16-11-13-8-4-5-9-15(13)14(17)10-12-6-2-1-3-7-12/h1-3,6-7,11,13H,5,9-10H2. The van der Waals surface area contributed by atoms with Gasteiger partial charge in [-0.3, -0.25) is 9.59 Å². The highest BCUT2D eigenvalue weighted by Gasteiger charge is 2.22. The minimum absolute atomic E-state index is 0.0395. The number of hydrogen-bond acceptors (Lipinski definition) is 2. The van der Waals surface area contributed by atoms with Crippen molar-refractivity contribution in [2.75, 3.05) is 6.54 Å². The van der Waals surface area contributed by atoms with Gasteiger partial charge in [0.1, 0.15) is 6.04 Å². The van der Waals surface area contributed by atoms with E-state index >= 15 is 0 Å². The second-order valence-corrected chi connectivity index (χ2v) is 3.90. The summed E-state index contributed by atoms with van der Waals surface area (Å²) in [7, 11) is 0. The Kier molecular flexibility index (Phi) is 3.56. The largest absolute Gasteiger partial charge is 0.321 e. The lowest BCUT2D eigenvalue weighted by Gasteiger charge is -2.26. The summed E-state index contributed by atoms with van der Waals surface area (Å²) < 4.78 is 0. The summed E-state index contributed by atoms with van der Waals surface area (Å²) in [6.45, 7) is 0.544. The number of amides is 1. The van der Waals surface area contributed by atoms with Gasteiger partial charge in [-0.25, -0.2) is 0 Å². The smallest absolute Gasteiger partial charge is 0.228 e. The van der Waals surface area contributed by atoms with Crippen LogP contribution < -0.4 is 0 Å². The van der Waals surface area contributed by atoms with Crippen molar-refractivity contribution >= 4 is 12.2 Å². The second-order valence-electron chi connectivity index (χ2n) is 3.90. The van der Waals surface area contributed by atoms with Gasteiger partial charge in [0.15, 0.2) is 6.29 Å². The molecule has 3 heteroatoms. The van der Waals surface area contributed by atoms with Crippen LogP contribution >= 0.6 is 0 Å². The molecule has 1 unspecified atom stereocenters. The molecule has 0 radical (unpaired) electrons. The Morgan fingerprint density at radius 1 is 1.41 bits per heavy atom. The van der Waals surface area contributed by atoms with Gasteiger partial charge in [0.25, 0.3) is 0 Å². The zero-order chi connectivity index (χ0) is 12.1. The molecule has 1 aromatic carbocycles. The predicted octanol–water partition coefficient (Wildman–Crippen LogP) is 1.03. The summed E-state index contributed by atoms with van der Waals surface area (Å²) >= 11 is 0. The molecule has 0 aromatic heterocycles. The molecule has 86 valence electrons. The maximum absolute atomic E-state index is 12.0. The van der Waals surface area contributed by atoms with E-state index in [0.717, 1.165) is 11.8 Å². The molecule has 1 aliphatic rings. The molecule has 1 aliphatic heterocycles. The molecular weight excluding hydrogens is 214 g/mol. The molecule has 2 rings (SSSR count). The van der Waals surface area contributed by atoms with Crippen LogP contribution in [0, 0.1) is 11.8 Å². The Morgan fingerprint density at radius 3 is 2.88 bits per heavy atom. The fourth-order valence-electron chi connectivity index (χ4n) is 1.83. The van der Waals surface area contributed by atoms with Gasteiger partial charge in [-0.15, -0.1) is 0 Å². The van der Waals surface area contributed by atoms with E-state index in [1.54, 1.807) is 4.90 Å². The highest BCUT2D eigenvalue weighted by atomic mass is 16.2. The maximum atomic E-state index is 12.0. The van der Waals surface area contributed by atoms with Crippen LogP contribution in [0.3, 0.4) is 0 Å². The van der Waals surface area contributed by atoms with Crippen molar-refractivity contribution in [2.45, 2.75) is 18.9 Å². The molecule has 1 heterocycles. The number of carbonyl (C=O) groups is 2. The Balaban J connectivity index is 2.06. The number of aldehydes is 1. The Labute approximate surface area is 100 Å². The second kappa shape index (κ2) is 5.31. The molecule has 0 aliphatic carbocycles. The predicted molar refractivity (Wildman–Crippen MR) is 64.1 cm³/mol. The minimum atomic E-state index is -0.569. The zero-order valence-electron chi connectivity index (χ0n) is 9.43. The van der Waals surface area contributed by atoms with Gasteiger partial charge < -0.3 is 4.90 Å². The van der Waals surface area contributed by atoms with Gasteiger partial charge in [-0.05, 0) is 5.56 Å². The Hall–Kier alpha value is -2.08. The van der Waals surface area contributed by atoms with Gasteiger partial charge in [0.05, 0.1) is 6.42 Å². The summed E-state index contributed by atoms with van der Waals surface area (Å²) in [4.78, 5) is 24.4. The summed E-state index contributed by atoms with van der Waals surface area (Å²) in [5.41, 5.74) is 0.959. The summed E-state index contributed by atoms with van der Waals surface area (Å²) in [6, 6.07) is 8.95. The van der Waals surface area contributed by atoms with Gasteiger partial charge in [-0.2, -0.15) is 0 Å². The van der Waals surface area contributed by atoms with Crippen molar-refractivity contribution < 1.29 is 9.59 Å². The number of rotatable bonds is 3. The summed E-state index contributed by atoms with van der Waals surface area (Å²) in [5, 5.41) is 0. The van der Waals surface area contributed by atoms with Crippen molar-refractivity contribution in [1.82, 2.24) is 4.90 Å². The van der Waals surface area contributed by atoms with Gasteiger partial charge in [0.2, 0.25) is 5.91 Å². The lowest BCUT2D eigenvalue weighted by atomic mass is 10.1. The average molecular weight is 227 g/mol. The quantitative estimate of drug-likeness (QED) is 0.571. The van der Waals surface area contributed by atoms with E-state index in [1.165, 1.54) is 0 Å². The van der Waals surface area contributed by atoms with E-state index in [9.17, 15) is 9.59 Å². The number of benzene rings is 1. The van der Waals surface area contributed by atoms with Crippen molar-refractivity contribution in [3.05, 3.63) is 35.9 Å². The fraction of sp³-hybridized carbons (Fsp3) is 0.286. The highest BCUT2D eigenvalue weighted by molar-refractivity contribution is 5.83. The third-order valence-corrected chi connectivity index (χ3v) is 2.71. The topological polar surface area (TPSA) is 37.4 Å². The van der Waals surface area contributed by atoms with Gasteiger partial charge >= 0.3 is 0 Å². The van der Waals surface area contributed by atoms with Gasteiger partial charge in [-0.1, -0.05) is 42.2 Å². The molecule has 17 heavy (non-hydrogen) atoms. The summed E-state index contributed by atoms with van der Waals surface area (Å²) in [6.07, 6.45) is 1.70. The van der Waals surface area contributed by atoms with Crippen LogP contribution in [0.5, 0.6) is 0 Å². The van der Waals surface area contributed by atoms with Crippen molar-refractivity contribution in [2.24, 2.45) is 0 Å². The monoisotopic (exact) mass is 227 g/mol. The average Bonchev–Trinajstić information content (AvgIpc) is 2.40. The Bertz CT molecular complexity index is 470. The van der Waals surface area contributed by atoms with E-state index in [4.69, 9.17) is 0 Å². The van der Waals surface area contributed by atoms with E-state index in [-0.39, 0.29) is 5.91 Å². The van der Waals surface area contributed by atoms with Crippen molar-refractivity contribution in [3.63, 3.8) is 0 Å². The highest BCUT2D eigenvalue weighted by Crippen LogP contribution is 2.08. The molecule has 1 amide bonds. The molecule has 0 N–H and O–H groups in total. The molecule has 0 spiro atoms. The van der Waals surface area contributed by atoms with Crippen LogP contribution in [0.4, 0.5) is 0 Å². The minimum Gasteiger partial charge on any atom is -0.321 e. The molecule has 3 nitrogen and oxygen atoms in total. The van der Waals surface area contributed by atoms with Crippen LogP contribution in [0.25, 0.3) is 0 Å². The summed E-state index contributed by atoms with van der Waals surface area (Å²) in [5.74, 6) is 5.59. The van der Waals surface area contributed by atoms with Gasteiger partial charge in [0, 0.05) is 13.0 Å². The molecule has 0 bridgehead atoms. The number of hydrogen-bond donors (Lipinski definition) is 0. The van der Waals surface area contributed by atoms with Crippen molar-refractivity contribution in [3.8, 4) is 11.8 Å². The van der Waals surface area contributed by atoms with Crippen LogP contribution in [-0.2, 0) is 16.0 Å². The third kappa shape index (κ3) is 2.73. The first kappa shape index (κ1) is 11.4. The lowest BCUT2D eigenvalue weighted by molar-refractivity contribution is -0.134. The number of carbonyl (C=O) groups excluding carboxylic acids is 2. The van der Waals surface area contributed by atoms with Crippen LogP contribution in [0.15, 0.2) is 30.3 Å². The van der Waals surface area contributed by atoms with Crippen LogP contribution in [-0.4, -0.2) is 29.7 Å². The zero-order valence-corrected chi connectivity index (χ0v) is 9.43. The molecule has 1 atom stereocenters. The van der Waals surface area contributed by atoms with E-state index in [1.807, 2.05) is 30.3 Å². The number of nitrogens with zero attached hydrogens (tertiary/aromatic N) is 1.